The molecule has 0 bridgehead atoms. The molecule has 0 fully saturated rings. The highest BCUT2D eigenvalue weighted by molar-refractivity contribution is 7.15. The van der Waals surface area contributed by atoms with E-state index in [1.54, 1.807) is 22.7 Å². The minimum atomic E-state index is 0.494. The molecule has 0 saturated heterocycles. The maximum absolute atomic E-state index is 4.21. The molecule has 2 aromatic heterocycles. The summed E-state index contributed by atoms with van der Waals surface area (Å²) in [6, 6.07) is 4.77. The Bertz CT molecular complexity index is 464. The van der Waals surface area contributed by atoms with Crippen LogP contribution in [0.3, 0.4) is 0 Å². The Balaban J connectivity index is 2.02. The highest BCUT2D eigenvalue weighted by Crippen LogP contribution is 2.20. The van der Waals surface area contributed by atoms with Gasteiger partial charge in [-0.15, -0.1) is 21.5 Å². The lowest BCUT2D eigenvalue weighted by molar-refractivity contribution is 0.205. The van der Waals surface area contributed by atoms with Crippen molar-refractivity contribution in [2.75, 3.05) is 12.4 Å². The van der Waals surface area contributed by atoms with Crippen molar-refractivity contribution >= 4 is 27.8 Å². The summed E-state index contributed by atoms with van der Waals surface area (Å²) in [4.78, 5) is 3.80. The summed E-state index contributed by atoms with van der Waals surface area (Å²) >= 11 is 3.42. The second kappa shape index (κ2) is 6.26. The number of hydrogen-bond donors (Lipinski definition) is 1. The van der Waals surface area contributed by atoms with Crippen molar-refractivity contribution in [3.05, 3.63) is 27.4 Å². The van der Waals surface area contributed by atoms with E-state index in [0.717, 1.165) is 23.2 Å². The molecule has 6 heteroatoms. The topological polar surface area (TPSA) is 41.1 Å². The number of nitrogens with zero attached hydrogens (tertiary/aromatic N) is 3. The summed E-state index contributed by atoms with van der Waals surface area (Å²) in [7, 11) is 1.87. The van der Waals surface area contributed by atoms with Crippen LogP contribution < -0.4 is 5.32 Å². The lowest BCUT2D eigenvalue weighted by atomic mass is 10.3. The van der Waals surface area contributed by atoms with Crippen molar-refractivity contribution in [2.24, 2.45) is 0 Å². The van der Waals surface area contributed by atoms with E-state index in [0.29, 0.717) is 6.04 Å². The first kappa shape index (κ1) is 13.5. The SMILES string of the molecule is CNc1nnc(CN(Cc2cccs2)C(C)C)s1. The van der Waals surface area contributed by atoms with Crippen molar-refractivity contribution in [3.8, 4) is 0 Å². The van der Waals surface area contributed by atoms with Crippen molar-refractivity contribution in [1.82, 2.24) is 15.1 Å². The molecular formula is C12H18N4S2. The fourth-order valence-electron chi connectivity index (χ4n) is 1.62. The molecule has 0 saturated carbocycles. The van der Waals surface area contributed by atoms with Crippen LogP contribution in [0.4, 0.5) is 5.13 Å². The average molecular weight is 282 g/mol. The van der Waals surface area contributed by atoms with E-state index in [1.807, 2.05) is 7.05 Å². The van der Waals surface area contributed by atoms with Gasteiger partial charge in [-0.25, -0.2) is 0 Å². The van der Waals surface area contributed by atoms with Gasteiger partial charge in [0.1, 0.15) is 5.01 Å². The maximum Gasteiger partial charge on any atom is 0.205 e. The number of nitrogens with one attached hydrogen (secondary N) is 1. The Labute approximate surface area is 116 Å². The second-order valence-corrected chi connectivity index (χ2v) is 6.42. The Morgan fingerprint density at radius 1 is 1.33 bits per heavy atom. The lowest BCUT2D eigenvalue weighted by Crippen LogP contribution is -2.29. The molecule has 0 amide bonds. The third-order valence-electron chi connectivity index (χ3n) is 2.69. The zero-order valence-electron chi connectivity index (χ0n) is 10.9. The highest BCUT2D eigenvalue weighted by atomic mass is 32.1. The van der Waals surface area contributed by atoms with E-state index < -0.39 is 0 Å². The first-order valence-corrected chi connectivity index (χ1v) is 7.65. The molecule has 0 aromatic carbocycles. The molecule has 2 heterocycles. The number of aromatic nitrogens is 2. The van der Waals surface area contributed by atoms with Gasteiger partial charge >= 0.3 is 0 Å². The molecule has 0 aliphatic rings. The quantitative estimate of drug-likeness (QED) is 0.884. The number of thiophene rings is 1. The van der Waals surface area contributed by atoms with Crippen molar-refractivity contribution in [1.29, 1.82) is 0 Å². The Kier molecular flexibility index (Phi) is 4.68. The molecule has 4 nitrogen and oxygen atoms in total. The Hall–Kier alpha value is -0.980. The van der Waals surface area contributed by atoms with Crippen molar-refractivity contribution in [2.45, 2.75) is 33.0 Å². The van der Waals surface area contributed by atoms with Gasteiger partial charge in [-0.2, -0.15) is 0 Å². The van der Waals surface area contributed by atoms with Gasteiger partial charge < -0.3 is 5.32 Å². The van der Waals surface area contributed by atoms with Crippen molar-refractivity contribution in [3.63, 3.8) is 0 Å². The number of anilines is 1. The molecule has 0 unspecified atom stereocenters. The molecule has 0 radical (unpaired) electrons. The first-order chi connectivity index (χ1) is 8.69. The monoisotopic (exact) mass is 282 g/mol. The van der Waals surface area contributed by atoms with Gasteiger partial charge in [0.25, 0.3) is 0 Å². The zero-order chi connectivity index (χ0) is 13.0. The predicted octanol–water partition coefficient (Wildman–Crippen LogP) is 3.05. The van der Waals surface area contributed by atoms with E-state index in [4.69, 9.17) is 0 Å². The van der Waals surface area contributed by atoms with E-state index in [1.165, 1.54) is 4.88 Å². The Morgan fingerprint density at radius 3 is 2.72 bits per heavy atom. The fourth-order valence-corrected chi connectivity index (χ4v) is 3.06. The molecule has 0 atom stereocenters. The zero-order valence-corrected chi connectivity index (χ0v) is 12.5. The molecule has 2 rings (SSSR count). The van der Waals surface area contributed by atoms with Crippen molar-refractivity contribution < 1.29 is 0 Å². The number of rotatable bonds is 6. The second-order valence-electron chi connectivity index (χ2n) is 4.33. The molecule has 2 aromatic rings. The minimum Gasteiger partial charge on any atom is -0.363 e. The summed E-state index contributed by atoms with van der Waals surface area (Å²) < 4.78 is 0. The summed E-state index contributed by atoms with van der Waals surface area (Å²) in [5.41, 5.74) is 0. The largest absolute Gasteiger partial charge is 0.363 e. The minimum absolute atomic E-state index is 0.494. The van der Waals surface area contributed by atoms with Crippen LogP contribution in [0.1, 0.15) is 23.7 Å². The van der Waals surface area contributed by atoms with E-state index in [9.17, 15) is 0 Å². The molecule has 0 aliphatic heterocycles. The third kappa shape index (κ3) is 3.51. The van der Waals surface area contributed by atoms with Gasteiger partial charge in [0.05, 0.1) is 6.54 Å². The van der Waals surface area contributed by atoms with Crippen LogP contribution >= 0.6 is 22.7 Å². The maximum atomic E-state index is 4.21. The van der Waals surface area contributed by atoms with Crippen LogP contribution in [0.5, 0.6) is 0 Å². The molecule has 1 N–H and O–H groups in total. The summed E-state index contributed by atoms with van der Waals surface area (Å²) in [5.74, 6) is 0. The summed E-state index contributed by atoms with van der Waals surface area (Å²) in [6.07, 6.45) is 0. The first-order valence-electron chi connectivity index (χ1n) is 5.95. The normalized spacial score (nSPS) is 11.4. The molecule has 0 aliphatic carbocycles. The van der Waals surface area contributed by atoms with Gasteiger partial charge in [0.2, 0.25) is 5.13 Å². The van der Waals surface area contributed by atoms with Crippen LogP contribution in [0, 0.1) is 0 Å². The molecular weight excluding hydrogens is 264 g/mol. The van der Waals surface area contributed by atoms with Gasteiger partial charge in [0.15, 0.2) is 0 Å². The van der Waals surface area contributed by atoms with E-state index in [-0.39, 0.29) is 0 Å². The predicted molar refractivity (Wildman–Crippen MR) is 78.2 cm³/mol. The van der Waals surface area contributed by atoms with Gasteiger partial charge in [0, 0.05) is 24.5 Å². The molecule has 18 heavy (non-hydrogen) atoms. The standard InChI is InChI=1S/C12H18N4S2/c1-9(2)16(7-10-5-4-6-17-10)8-11-14-15-12(13-3)18-11/h4-6,9H,7-8H2,1-3H3,(H,13,15). The van der Waals surface area contributed by atoms with Gasteiger partial charge in [-0.1, -0.05) is 17.4 Å². The van der Waals surface area contributed by atoms with E-state index in [2.05, 4.69) is 51.8 Å². The van der Waals surface area contributed by atoms with Crippen LogP contribution in [0.25, 0.3) is 0 Å². The Morgan fingerprint density at radius 2 is 2.17 bits per heavy atom. The smallest absolute Gasteiger partial charge is 0.205 e. The van der Waals surface area contributed by atoms with Crippen LogP contribution in [0.15, 0.2) is 17.5 Å². The molecule has 0 spiro atoms. The third-order valence-corrected chi connectivity index (χ3v) is 4.48. The summed E-state index contributed by atoms with van der Waals surface area (Å²) in [6.45, 7) is 6.26. The average Bonchev–Trinajstić information content (AvgIpc) is 2.99. The number of hydrogen-bond acceptors (Lipinski definition) is 6. The highest BCUT2D eigenvalue weighted by Gasteiger charge is 2.14. The van der Waals surface area contributed by atoms with Crippen LogP contribution in [-0.2, 0) is 13.1 Å². The lowest BCUT2D eigenvalue weighted by Gasteiger charge is -2.24. The van der Waals surface area contributed by atoms with Gasteiger partial charge in [-0.05, 0) is 25.3 Å². The van der Waals surface area contributed by atoms with Crippen LogP contribution in [0.2, 0.25) is 0 Å². The summed E-state index contributed by atoms with van der Waals surface area (Å²) in [5, 5.41) is 15.4. The fraction of sp³-hybridized carbons (Fsp3) is 0.500. The van der Waals surface area contributed by atoms with E-state index >= 15 is 0 Å². The molecule has 98 valence electrons. The van der Waals surface area contributed by atoms with Crippen LogP contribution in [-0.4, -0.2) is 28.2 Å². The van der Waals surface area contributed by atoms with Gasteiger partial charge in [-0.3, -0.25) is 4.90 Å².